The molecule has 0 unspecified atom stereocenters. The summed E-state index contributed by atoms with van der Waals surface area (Å²) in [4.78, 5) is 20.0. The largest absolute Gasteiger partial charge is 0.440 e. The Balaban J connectivity index is 1.50. The molecule has 0 atom stereocenters. The van der Waals surface area contributed by atoms with Gasteiger partial charge in [0.1, 0.15) is 5.76 Å². The third-order valence-electron chi connectivity index (χ3n) is 4.66. The smallest absolute Gasteiger partial charge is 0.236 e. The lowest BCUT2D eigenvalue weighted by molar-refractivity contribution is -0.129. The van der Waals surface area contributed by atoms with Crippen molar-refractivity contribution in [3.63, 3.8) is 0 Å². The summed E-state index contributed by atoms with van der Waals surface area (Å²) in [7, 11) is 1.83. The molecule has 0 N–H and O–H groups in total. The summed E-state index contributed by atoms with van der Waals surface area (Å²) < 4.78 is 5.74. The molecule has 0 radical (unpaired) electrons. The van der Waals surface area contributed by atoms with E-state index in [0.29, 0.717) is 23.9 Å². The van der Waals surface area contributed by atoms with Crippen LogP contribution in [0.15, 0.2) is 64.4 Å². The molecule has 0 saturated heterocycles. The van der Waals surface area contributed by atoms with Crippen LogP contribution in [0.25, 0.3) is 21.5 Å². The molecule has 2 aromatic heterocycles. The molecule has 2 aromatic carbocycles. The molecule has 1 amide bonds. The number of nitrogens with zero attached hydrogens (tertiary/aromatic N) is 2. The molecule has 0 spiro atoms. The van der Waals surface area contributed by atoms with Crippen LogP contribution < -0.4 is 0 Å². The number of hydrogen-bond donors (Lipinski definition) is 0. The van der Waals surface area contributed by atoms with E-state index in [2.05, 4.69) is 29.2 Å². The number of amides is 1. The molecule has 4 nitrogen and oxygen atoms in total. The van der Waals surface area contributed by atoms with Gasteiger partial charge in [0.15, 0.2) is 0 Å². The first-order valence-electron chi connectivity index (χ1n) is 8.82. The molecular formula is C22H20N2O2S. The quantitative estimate of drug-likeness (QED) is 0.489. The number of fused-ring (bicyclic) bond motifs is 1. The first-order chi connectivity index (χ1) is 13.1. The Morgan fingerprint density at radius 2 is 1.93 bits per heavy atom. The lowest BCUT2D eigenvalue weighted by atomic mass is 10.0. The first kappa shape index (κ1) is 17.5. The van der Waals surface area contributed by atoms with E-state index < -0.39 is 0 Å². The van der Waals surface area contributed by atoms with Crippen molar-refractivity contribution >= 4 is 28.0 Å². The van der Waals surface area contributed by atoms with Crippen molar-refractivity contribution in [1.29, 1.82) is 0 Å². The number of thiophene rings is 1. The maximum atomic E-state index is 12.7. The molecule has 27 heavy (non-hydrogen) atoms. The summed E-state index contributed by atoms with van der Waals surface area (Å²) in [6, 6.07) is 18.4. The minimum absolute atomic E-state index is 0.0251. The normalized spacial score (nSPS) is 11.0. The van der Waals surface area contributed by atoms with Crippen molar-refractivity contribution in [3.05, 3.63) is 77.0 Å². The third kappa shape index (κ3) is 3.64. The Kier molecular flexibility index (Phi) is 4.77. The van der Waals surface area contributed by atoms with Gasteiger partial charge in [-0.15, -0.1) is 11.3 Å². The van der Waals surface area contributed by atoms with E-state index in [1.165, 1.54) is 10.8 Å². The van der Waals surface area contributed by atoms with Gasteiger partial charge in [-0.3, -0.25) is 4.79 Å². The van der Waals surface area contributed by atoms with Crippen LogP contribution >= 0.6 is 11.3 Å². The van der Waals surface area contributed by atoms with Crippen molar-refractivity contribution in [2.24, 2.45) is 0 Å². The zero-order valence-electron chi connectivity index (χ0n) is 15.3. The Morgan fingerprint density at radius 1 is 1.11 bits per heavy atom. The number of benzene rings is 2. The van der Waals surface area contributed by atoms with E-state index in [1.54, 1.807) is 16.2 Å². The van der Waals surface area contributed by atoms with Crippen molar-refractivity contribution in [1.82, 2.24) is 9.88 Å². The van der Waals surface area contributed by atoms with Gasteiger partial charge in [0, 0.05) is 13.6 Å². The van der Waals surface area contributed by atoms with E-state index >= 15 is 0 Å². The second kappa shape index (κ2) is 7.37. The van der Waals surface area contributed by atoms with Gasteiger partial charge in [0.05, 0.1) is 17.0 Å². The Labute approximate surface area is 162 Å². The zero-order valence-corrected chi connectivity index (χ0v) is 16.1. The fourth-order valence-electron chi connectivity index (χ4n) is 3.15. The van der Waals surface area contributed by atoms with Crippen LogP contribution in [0.2, 0.25) is 0 Å². The summed E-state index contributed by atoms with van der Waals surface area (Å²) in [5.74, 6) is 1.31. The molecule has 0 aliphatic heterocycles. The second-order valence-electron chi connectivity index (χ2n) is 6.56. The minimum Gasteiger partial charge on any atom is -0.440 e. The summed E-state index contributed by atoms with van der Waals surface area (Å²) in [6.45, 7) is 2.42. The maximum Gasteiger partial charge on any atom is 0.236 e. The number of carbonyl (C=O) groups excluding carboxylic acids is 1. The maximum absolute atomic E-state index is 12.7. The van der Waals surface area contributed by atoms with Crippen LogP contribution in [0, 0.1) is 6.92 Å². The number of hydrogen-bond acceptors (Lipinski definition) is 4. The first-order valence-corrected chi connectivity index (χ1v) is 9.70. The SMILES string of the molecule is Cc1oc(-c2cccs2)nc1CC(=O)N(C)Cc1cccc2ccccc12. The molecule has 136 valence electrons. The van der Waals surface area contributed by atoms with Crippen molar-refractivity contribution in [3.8, 4) is 10.8 Å². The highest BCUT2D eigenvalue weighted by Crippen LogP contribution is 2.26. The summed E-state index contributed by atoms with van der Waals surface area (Å²) in [6.07, 6.45) is 0.238. The van der Waals surface area contributed by atoms with Gasteiger partial charge in [-0.1, -0.05) is 48.5 Å². The van der Waals surface area contributed by atoms with E-state index in [0.717, 1.165) is 10.4 Å². The lowest BCUT2D eigenvalue weighted by Gasteiger charge is -2.18. The van der Waals surface area contributed by atoms with Crippen LogP contribution in [0.5, 0.6) is 0 Å². The average molecular weight is 376 g/mol. The van der Waals surface area contributed by atoms with E-state index in [4.69, 9.17) is 4.42 Å². The predicted octanol–water partition coefficient (Wildman–Crippen LogP) is 5.07. The minimum atomic E-state index is 0.0251. The lowest BCUT2D eigenvalue weighted by Crippen LogP contribution is -2.28. The molecular weight excluding hydrogens is 356 g/mol. The van der Waals surface area contributed by atoms with Crippen LogP contribution in [0.1, 0.15) is 17.0 Å². The topological polar surface area (TPSA) is 46.3 Å². The fourth-order valence-corrected chi connectivity index (χ4v) is 3.80. The van der Waals surface area contributed by atoms with Gasteiger partial charge in [0.2, 0.25) is 11.8 Å². The molecule has 2 heterocycles. The number of aromatic nitrogens is 1. The van der Waals surface area contributed by atoms with Gasteiger partial charge < -0.3 is 9.32 Å². The van der Waals surface area contributed by atoms with E-state index in [9.17, 15) is 4.79 Å². The van der Waals surface area contributed by atoms with E-state index in [1.807, 2.05) is 49.7 Å². The number of oxazole rings is 1. The monoisotopic (exact) mass is 376 g/mol. The van der Waals surface area contributed by atoms with Crippen LogP contribution in [-0.2, 0) is 17.8 Å². The highest BCUT2D eigenvalue weighted by molar-refractivity contribution is 7.13. The van der Waals surface area contributed by atoms with Gasteiger partial charge in [0.25, 0.3) is 0 Å². The van der Waals surface area contributed by atoms with Crippen LogP contribution in [0.3, 0.4) is 0 Å². The second-order valence-corrected chi connectivity index (χ2v) is 7.51. The number of rotatable bonds is 5. The molecule has 0 aliphatic rings. The predicted molar refractivity (Wildman–Crippen MR) is 109 cm³/mol. The molecule has 0 saturated carbocycles. The molecule has 5 heteroatoms. The molecule has 0 fully saturated rings. The number of carbonyl (C=O) groups is 1. The summed E-state index contributed by atoms with van der Waals surface area (Å²) in [5, 5.41) is 4.35. The molecule has 0 aliphatic carbocycles. The summed E-state index contributed by atoms with van der Waals surface area (Å²) >= 11 is 1.57. The Hall–Kier alpha value is -2.92. The van der Waals surface area contributed by atoms with Gasteiger partial charge in [-0.05, 0) is 34.7 Å². The molecule has 4 aromatic rings. The van der Waals surface area contributed by atoms with Crippen molar-refractivity contribution < 1.29 is 9.21 Å². The van der Waals surface area contributed by atoms with Crippen molar-refractivity contribution in [2.45, 2.75) is 19.9 Å². The van der Waals surface area contributed by atoms with Gasteiger partial charge in [-0.25, -0.2) is 4.98 Å². The van der Waals surface area contributed by atoms with E-state index in [-0.39, 0.29) is 12.3 Å². The zero-order chi connectivity index (χ0) is 18.8. The summed E-state index contributed by atoms with van der Waals surface area (Å²) in [5.41, 5.74) is 1.84. The highest BCUT2D eigenvalue weighted by atomic mass is 32.1. The van der Waals surface area contributed by atoms with Crippen molar-refractivity contribution in [2.75, 3.05) is 7.05 Å². The fraction of sp³-hybridized carbons (Fsp3) is 0.182. The van der Waals surface area contributed by atoms with Crippen LogP contribution in [-0.4, -0.2) is 22.8 Å². The average Bonchev–Trinajstić information content (AvgIpc) is 3.32. The molecule has 0 bridgehead atoms. The number of aryl methyl sites for hydroxylation is 1. The third-order valence-corrected chi connectivity index (χ3v) is 5.51. The standard InChI is InChI=1S/C22H20N2O2S/c1-15-19(23-22(26-15)20-11-6-12-27-20)13-21(25)24(2)14-17-9-5-8-16-7-3-4-10-18(16)17/h3-12H,13-14H2,1-2H3. The van der Waals surface area contributed by atoms with Crippen LogP contribution in [0.4, 0.5) is 0 Å². The Morgan fingerprint density at radius 3 is 2.74 bits per heavy atom. The Bertz CT molecular complexity index is 1080. The van der Waals surface area contributed by atoms with Gasteiger partial charge >= 0.3 is 0 Å². The van der Waals surface area contributed by atoms with Gasteiger partial charge in [-0.2, -0.15) is 0 Å². The number of likely N-dealkylation sites (N-methyl/N-ethyl adjacent to an activating group) is 1. The molecule has 4 rings (SSSR count). The highest BCUT2D eigenvalue weighted by Gasteiger charge is 2.18.